The number of anilines is 1. The maximum absolute atomic E-state index is 13.6. The number of ether oxygens (including phenoxy) is 1. The summed E-state index contributed by atoms with van der Waals surface area (Å²) in [6.07, 6.45) is 1.92. The van der Waals surface area contributed by atoms with Crippen molar-refractivity contribution in [2.24, 2.45) is 0 Å². The highest BCUT2D eigenvalue weighted by atomic mass is 32.2. The van der Waals surface area contributed by atoms with E-state index < -0.39 is 27.9 Å². The Kier molecular flexibility index (Phi) is 5.79. The van der Waals surface area contributed by atoms with Crippen LogP contribution in [0.1, 0.15) is 60.2 Å². The minimum Gasteiger partial charge on any atom is -0.477 e. The zero-order valence-electron chi connectivity index (χ0n) is 19.6. The van der Waals surface area contributed by atoms with Crippen molar-refractivity contribution in [1.29, 1.82) is 0 Å². The van der Waals surface area contributed by atoms with Crippen LogP contribution in [0.5, 0.6) is 5.75 Å². The van der Waals surface area contributed by atoms with Gasteiger partial charge in [-0.25, -0.2) is 12.7 Å². The maximum atomic E-state index is 13.6. The fraction of sp³-hybridized carbons (Fsp3) is 0.400. The lowest BCUT2D eigenvalue weighted by Gasteiger charge is -2.34. The van der Waals surface area contributed by atoms with Crippen molar-refractivity contribution in [1.82, 2.24) is 9.62 Å². The molecule has 35 heavy (non-hydrogen) atoms. The number of amides is 3. The Balaban J connectivity index is 1.47. The lowest BCUT2D eigenvalue weighted by atomic mass is 10.1. The van der Waals surface area contributed by atoms with Crippen molar-refractivity contribution < 1.29 is 27.5 Å². The number of carbonyl (C=O) groups is 3. The number of sulfonamides is 1. The normalized spacial score (nSPS) is 20.3. The van der Waals surface area contributed by atoms with Crippen LogP contribution in [0, 0.1) is 0 Å². The summed E-state index contributed by atoms with van der Waals surface area (Å²) in [5.74, 6) is -0.943. The molecule has 2 aromatic carbocycles. The van der Waals surface area contributed by atoms with Crippen LogP contribution in [0.4, 0.5) is 5.69 Å². The molecule has 3 amide bonds. The third-order valence-corrected chi connectivity index (χ3v) is 8.59. The molecule has 5 rings (SSSR count). The Morgan fingerprint density at radius 3 is 2.51 bits per heavy atom. The lowest BCUT2D eigenvalue weighted by Crippen LogP contribution is -2.52. The first-order valence-corrected chi connectivity index (χ1v) is 13.3. The first-order chi connectivity index (χ1) is 16.8. The summed E-state index contributed by atoms with van der Waals surface area (Å²) in [5, 5.41) is 2.96. The number of para-hydroxylation sites is 2. The molecule has 2 aliphatic heterocycles. The zero-order valence-corrected chi connectivity index (χ0v) is 20.4. The second-order valence-electron chi connectivity index (χ2n) is 9.06. The third-order valence-electron chi connectivity index (χ3n) is 6.72. The Bertz CT molecular complexity index is 1320. The molecular weight excluding hydrogens is 470 g/mol. The standard InChI is InChI=1S/C25H27N3O6S/c1-3-16(4-2)26-23(29)21-14-27(19-7-5-6-8-20(19)34-21)24(30)15-9-12-18-22(13-15)35(32,33)28(25(18)31)17-10-11-17/h5-9,12-13,16-17,21H,3-4,10-11,14H2,1-2H3,(H,26,29). The fourth-order valence-electron chi connectivity index (χ4n) is 4.56. The molecule has 1 saturated carbocycles. The second-order valence-corrected chi connectivity index (χ2v) is 10.8. The molecule has 0 saturated heterocycles. The van der Waals surface area contributed by atoms with E-state index in [-0.39, 0.29) is 40.6 Å². The fourth-order valence-corrected chi connectivity index (χ4v) is 6.40. The van der Waals surface area contributed by atoms with Gasteiger partial charge in [-0.1, -0.05) is 26.0 Å². The summed E-state index contributed by atoms with van der Waals surface area (Å²) in [7, 11) is -4.00. The van der Waals surface area contributed by atoms with E-state index in [1.165, 1.54) is 23.1 Å². The van der Waals surface area contributed by atoms with Crippen molar-refractivity contribution in [3.63, 3.8) is 0 Å². The quantitative estimate of drug-likeness (QED) is 0.657. The number of rotatable bonds is 6. The minimum atomic E-state index is -4.00. The van der Waals surface area contributed by atoms with Crippen LogP contribution in [0.2, 0.25) is 0 Å². The molecule has 3 aliphatic rings. The highest BCUT2D eigenvalue weighted by molar-refractivity contribution is 7.90. The molecular formula is C25H27N3O6S. The molecule has 2 heterocycles. The van der Waals surface area contributed by atoms with E-state index in [1.807, 2.05) is 13.8 Å². The van der Waals surface area contributed by atoms with Gasteiger partial charge in [0.2, 0.25) is 0 Å². The zero-order chi connectivity index (χ0) is 24.9. The highest BCUT2D eigenvalue weighted by Gasteiger charge is 2.49. The molecule has 2 aromatic rings. The molecule has 1 fully saturated rings. The minimum absolute atomic E-state index is 0.00119. The first kappa shape index (κ1) is 23.3. The van der Waals surface area contributed by atoms with E-state index in [4.69, 9.17) is 4.74 Å². The molecule has 1 unspecified atom stereocenters. The Labute approximate surface area is 204 Å². The Morgan fingerprint density at radius 1 is 1.11 bits per heavy atom. The van der Waals surface area contributed by atoms with E-state index in [2.05, 4.69) is 5.32 Å². The van der Waals surface area contributed by atoms with Gasteiger partial charge in [0.15, 0.2) is 6.10 Å². The van der Waals surface area contributed by atoms with Gasteiger partial charge in [0.05, 0.1) is 17.8 Å². The number of hydrogen-bond donors (Lipinski definition) is 1. The van der Waals surface area contributed by atoms with Crippen molar-refractivity contribution in [2.75, 3.05) is 11.4 Å². The van der Waals surface area contributed by atoms with Crippen LogP contribution in [-0.4, -0.2) is 55.2 Å². The average molecular weight is 498 g/mol. The second kappa shape index (κ2) is 8.67. The highest BCUT2D eigenvalue weighted by Crippen LogP contribution is 2.40. The molecule has 184 valence electrons. The number of nitrogens with zero attached hydrogens (tertiary/aromatic N) is 2. The van der Waals surface area contributed by atoms with Gasteiger partial charge < -0.3 is 15.0 Å². The summed E-state index contributed by atoms with van der Waals surface area (Å²) < 4.78 is 32.9. The Morgan fingerprint density at radius 2 is 1.83 bits per heavy atom. The Hall–Kier alpha value is -3.40. The number of nitrogens with one attached hydrogen (secondary N) is 1. The molecule has 10 heteroatoms. The molecule has 9 nitrogen and oxygen atoms in total. The monoisotopic (exact) mass is 497 g/mol. The molecule has 0 aromatic heterocycles. The molecule has 0 bridgehead atoms. The smallest absolute Gasteiger partial charge is 0.269 e. The molecule has 0 spiro atoms. The van der Waals surface area contributed by atoms with Gasteiger partial charge in [0, 0.05) is 17.6 Å². The van der Waals surface area contributed by atoms with Crippen LogP contribution >= 0.6 is 0 Å². The predicted molar refractivity (Wildman–Crippen MR) is 128 cm³/mol. The molecule has 1 aliphatic carbocycles. The van der Waals surface area contributed by atoms with E-state index in [0.717, 1.165) is 17.1 Å². The van der Waals surface area contributed by atoms with Crippen LogP contribution in [0.15, 0.2) is 47.4 Å². The first-order valence-electron chi connectivity index (χ1n) is 11.9. The summed E-state index contributed by atoms with van der Waals surface area (Å²) in [6, 6.07) is 10.7. The van der Waals surface area contributed by atoms with E-state index >= 15 is 0 Å². The average Bonchev–Trinajstić information content (AvgIpc) is 3.67. The van der Waals surface area contributed by atoms with Gasteiger partial charge >= 0.3 is 0 Å². The number of hydrogen-bond acceptors (Lipinski definition) is 6. The largest absolute Gasteiger partial charge is 0.477 e. The summed E-state index contributed by atoms with van der Waals surface area (Å²) >= 11 is 0. The van der Waals surface area contributed by atoms with Gasteiger partial charge in [-0.2, -0.15) is 0 Å². The third kappa shape index (κ3) is 3.95. The molecule has 0 radical (unpaired) electrons. The molecule has 1 atom stereocenters. The van der Waals surface area contributed by atoms with Crippen LogP contribution in [0.25, 0.3) is 0 Å². The van der Waals surface area contributed by atoms with Gasteiger partial charge in [-0.3, -0.25) is 14.4 Å². The van der Waals surface area contributed by atoms with Gasteiger partial charge in [-0.05, 0) is 56.0 Å². The van der Waals surface area contributed by atoms with Gasteiger partial charge in [0.1, 0.15) is 10.6 Å². The van der Waals surface area contributed by atoms with Gasteiger partial charge in [0.25, 0.3) is 27.7 Å². The van der Waals surface area contributed by atoms with Crippen LogP contribution in [0.3, 0.4) is 0 Å². The van der Waals surface area contributed by atoms with Crippen LogP contribution < -0.4 is 15.0 Å². The van der Waals surface area contributed by atoms with E-state index in [9.17, 15) is 22.8 Å². The summed E-state index contributed by atoms with van der Waals surface area (Å²) in [4.78, 5) is 40.5. The number of benzene rings is 2. The van der Waals surface area contributed by atoms with E-state index in [1.54, 1.807) is 24.3 Å². The number of fused-ring (bicyclic) bond motifs is 2. The van der Waals surface area contributed by atoms with Crippen molar-refractivity contribution >= 4 is 33.4 Å². The summed E-state index contributed by atoms with van der Waals surface area (Å²) in [5.41, 5.74) is 0.690. The maximum Gasteiger partial charge on any atom is 0.269 e. The molecule has 1 N–H and O–H groups in total. The van der Waals surface area contributed by atoms with E-state index in [0.29, 0.717) is 24.3 Å². The van der Waals surface area contributed by atoms with Crippen molar-refractivity contribution in [3.05, 3.63) is 53.6 Å². The predicted octanol–water partition coefficient (Wildman–Crippen LogP) is 2.71. The lowest BCUT2D eigenvalue weighted by molar-refractivity contribution is -0.128. The van der Waals surface area contributed by atoms with Crippen molar-refractivity contribution in [2.45, 2.75) is 62.6 Å². The topological polar surface area (TPSA) is 113 Å². The summed E-state index contributed by atoms with van der Waals surface area (Å²) in [6.45, 7) is 3.94. The van der Waals surface area contributed by atoms with Gasteiger partial charge in [-0.15, -0.1) is 0 Å². The van der Waals surface area contributed by atoms with Crippen LogP contribution in [-0.2, 0) is 14.8 Å². The SMILES string of the molecule is CCC(CC)NC(=O)C1CN(C(=O)c2ccc3c(c2)S(=O)(=O)N(C2CC2)C3=O)c2ccccc2O1. The van der Waals surface area contributed by atoms with Crippen molar-refractivity contribution in [3.8, 4) is 5.75 Å². The number of carbonyl (C=O) groups excluding carboxylic acids is 3.